The van der Waals surface area contributed by atoms with Crippen LogP contribution in [0.4, 0.5) is 5.69 Å². The standard InChI is InChI=1S/C24H21N3O6S/c1-31-21-13-12-17(15-22(21)32-2)25-23(28)19-14-16-8-6-7-11-20(16)33-24(19)26-27-34(29,30)18-9-4-3-5-10-18/h3-15,27H,1-2H3,(H,25,28)/b26-24+. The molecule has 1 amide bonds. The Bertz CT molecular complexity index is 1520. The van der Waals surface area contributed by atoms with Crippen molar-refractivity contribution in [2.24, 2.45) is 5.10 Å². The maximum absolute atomic E-state index is 13.1. The second-order valence-corrected chi connectivity index (χ2v) is 8.71. The number of carbonyl (C=O) groups is 1. The highest BCUT2D eigenvalue weighted by Gasteiger charge is 2.16. The number of ether oxygens (including phenoxy) is 2. The quantitative estimate of drug-likeness (QED) is 0.392. The molecule has 0 aliphatic heterocycles. The summed E-state index contributed by atoms with van der Waals surface area (Å²) in [5.41, 5.74) is 0.704. The zero-order chi connectivity index (χ0) is 24.1. The van der Waals surface area contributed by atoms with Crippen molar-refractivity contribution in [1.29, 1.82) is 0 Å². The number of hydrogen-bond donors (Lipinski definition) is 2. The highest BCUT2D eigenvalue weighted by Crippen LogP contribution is 2.30. The molecule has 0 aliphatic carbocycles. The highest BCUT2D eigenvalue weighted by molar-refractivity contribution is 7.89. The molecule has 1 heterocycles. The lowest BCUT2D eigenvalue weighted by Gasteiger charge is -2.11. The average Bonchev–Trinajstić information content (AvgIpc) is 2.87. The normalized spacial score (nSPS) is 11.8. The largest absolute Gasteiger partial charge is 0.493 e. The van der Waals surface area contributed by atoms with Gasteiger partial charge in [0.2, 0.25) is 5.55 Å². The average molecular weight is 480 g/mol. The van der Waals surface area contributed by atoms with Crippen LogP contribution in [0.25, 0.3) is 11.0 Å². The minimum Gasteiger partial charge on any atom is -0.493 e. The first-order valence-corrected chi connectivity index (χ1v) is 11.6. The fourth-order valence-corrected chi connectivity index (χ4v) is 4.01. The van der Waals surface area contributed by atoms with E-state index in [2.05, 4.69) is 15.2 Å². The van der Waals surface area contributed by atoms with Gasteiger partial charge in [-0.3, -0.25) is 4.79 Å². The van der Waals surface area contributed by atoms with Gasteiger partial charge in [-0.2, -0.15) is 13.2 Å². The van der Waals surface area contributed by atoms with Crippen LogP contribution in [0.2, 0.25) is 0 Å². The summed E-state index contributed by atoms with van der Waals surface area (Å²) < 4.78 is 41.5. The number of nitrogens with one attached hydrogen (secondary N) is 2. The third-order valence-corrected chi connectivity index (χ3v) is 6.09. The maximum atomic E-state index is 13.1. The number of benzene rings is 3. The predicted octanol–water partition coefficient (Wildman–Crippen LogP) is 3.50. The number of anilines is 1. The van der Waals surface area contributed by atoms with E-state index >= 15 is 0 Å². The lowest BCUT2D eigenvalue weighted by Crippen LogP contribution is -2.27. The molecule has 4 rings (SSSR count). The molecule has 174 valence electrons. The number of hydrogen-bond acceptors (Lipinski definition) is 7. The van der Waals surface area contributed by atoms with Crippen LogP contribution in [0.5, 0.6) is 11.5 Å². The Morgan fingerprint density at radius 3 is 2.32 bits per heavy atom. The molecule has 0 bridgehead atoms. The summed E-state index contributed by atoms with van der Waals surface area (Å²) in [6, 6.07) is 21.2. The number of amides is 1. The first kappa shape index (κ1) is 22.9. The molecule has 0 aliphatic rings. The Morgan fingerprint density at radius 2 is 1.59 bits per heavy atom. The van der Waals surface area contributed by atoms with Crippen LogP contribution in [-0.2, 0) is 10.0 Å². The number of para-hydroxylation sites is 1. The fraction of sp³-hybridized carbons (Fsp3) is 0.0833. The monoisotopic (exact) mass is 479 g/mol. The summed E-state index contributed by atoms with van der Waals surface area (Å²) >= 11 is 0. The third kappa shape index (κ3) is 4.86. The molecule has 4 aromatic rings. The lowest BCUT2D eigenvalue weighted by atomic mass is 10.1. The van der Waals surface area contributed by atoms with Crippen molar-refractivity contribution in [3.05, 3.63) is 90.0 Å². The minimum absolute atomic E-state index is 0.0240. The fourth-order valence-electron chi connectivity index (χ4n) is 3.18. The molecule has 0 saturated heterocycles. The van der Waals surface area contributed by atoms with E-state index in [1.165, 1.54) is 26.4 Å². The number of sulfonamides is 1. The topological polar surface area (TPSA) is 119 Å². The molecular weight excluding hydrogens is 458 g/mol. The maximum Gasteiger partial charge on any atom is 0.276 e. The van der Waals surface area contributed by atoms with Crippen molar-refractivity contribution < 1.29 is 27.1 Å². The summed E-state index contributed by atoms with van der Waals surface area (Å²) in [6.07, 6.45) is 0. The van der Waals surface area contributed by atoms with Crippen LogP contribution < -0.4 is 25.2 Å². The SMILES string of the molecule is COc1ccc(NC(=O)c2cc3ccccc3o/c2=N/NS(=O)(=O)c2ccccc2)cc1OC. The molecule has 2 N–H and O–H groups in total. The summed E-state index contributed by atoms with van der Waals surface area (Å²) in [5, 5.41) is 7.31. The van der Waals surface area contributed by atoms with Crippen molar-refractivity contribution in [2.45, 2.75) is 4.90 Å². The molecule has 0 unspecified atom stereocenters. The van der Waals surface area contributed by atoms with Crippen molar-refractivity contribution in [3.8, 4) is 11.5 Å². The van der Waals surface area contributed by atoms with E-state index in [0.29, 0.717) is 28.2 Å². The zero-order valence-corrected chi connectivity index (χ0v) is 19.1. The van der Waals surface area contributed by atoms with Gasteiger partial charge in [-0.25, -0.2) is 0 Å². The Balaban J connectivity index is 1.74. The van der Waals surface area contributed by atoms with Crippen molar-refractivity contribution in [3.63, 3.8) is 0 Å². The van der Waals surface area contributed by atoms with E-state index < -0.39 is 15.9 Å². The summed E-state index contributed by atoms with van der Waals surface area (Å²) in [6.45, 7) is 0. The molecule has 0 saturated carbocycles. The lowest BCUT2D eigenvalue weighted by molar-refractivity contribution is 0.102. The second kappa shape index (κ2) is 9.67. The van der Waals surface area contributed by atoms with Crippen molar-refractivity contribution in [2.75, 3.05) is 19.5 Å². The summed E-state index contributed by atoms with van der Waals surface area (Å²) in [5.74, 6) is 0.385. The Kier molecular flexibility index (Phi) is 6.51. The molecule has 9 nitrogen and oxygen atoms in total. The first-order chi connectivity index (χ1) is 16.4. The van der Waals surface area contributed by atoms with Gasteiger partial charge in [-0.1, -0.05) is 36.4 Å². The van der Waals surface area contributed by atoms with Gasteiger partial charge in [-0.05, 0) is 36.4 Å². The van der Waals surface area contributed by atoms with Gasteiger partial charge < -0.3 is 19.2 Å². The van der Waals surface area contributed by atoms with E-state index in [0.717, 1.165) is 0 Å². The second-order valence-electron chi connectivity index (χ2n) is 7.05. The van der Waals surface area contributed by atoms with Crippen LogP contribution in [-0.4, -0.2) is 28.5 Å². The predicted molar refractivity (Wildman–Crippen MR) is 126 cm³/mol. The molecule has 0 fully saturated rings. The van der Waals surface area contributed by atoms with Crippen molar-refractivity contribution >= 4 is 32.6 Å². The Morgan fingerprint density at radius 1 is 0.882 bits per heavy atom. The van der Waals surface area contributed by atoms with Gasteiger partial charge in [-0.15, -0.1) is 5.10 Å². The Hall–Kier alpha value is -4.31. The molecular formula is C24H21N3O6S. The van der Waals surface area contributed by atoms with Gasteiger partial charge in [0.05, 0.1) is 19.1 Å². The smallest absolute Gasteiger partial charge is 0.276 e. The number of rotatable bonds is 7. The van der Waals surface area contributed by atoms with Gasteiger partial charge >= 0.3 is 0 Å². The van der Waals surface area contributed by atoms with E-state index in [-0.39, 0.29) is 16.0 Å². The zero-order valence-electron chi connectivity index (χ0n) is 18.3. The summed E-state index contributed by atoms with van der Waals surface area (Å²) in [7, 11) is -0.970. The van der Waals surface area contributed by atoms with Crippen LogP contribution >= 0.6 is 0 Å². The number of fused-ring (bicyclic) bond motifs is 1. The number of carbonyl (C=O) groups excluding carboxylic acids is 1. The van der Waals surface area contributed by atoms with Gasteiger partial charge in [0.1, 0.15) is 11.1 Å². The van der Waals surface area contributed by atoms with E-state index in [9.17, 15) is 13.2 Å². The molecule has 0 atom stereocenters. The molecule has 34 heavy (non-hydrogen) atoms. The van der Waals surface area contributed by atoms with E-state index in [1.54, 1.807) is 66.7 Å². The molecule has 0 spiro atoms. The minimum atomic E-state index is -3.97. The van der Waals surface area contributed by atoms with Gasteiger partial charge in [0.15, 0.2) is 11.5 Å². The van der Waals surface area contributed by atoms with E-state index in [4.69, 9.17) is 13.9 Å². The van der Waals surface area contributed by atoms with Crippen LogP contribution in [0, 0.1) is 0 Å². The van der Waals surface area contributed by atoms with Crippen LogP contribution in [0.15, 0.2) is 93.3 Å². The van der Waals surface area contributed by atoms with E-state index in [1.807, 2.05) is 0 Å². The highest BCUT2D eigenvalue weighted by atomic mass is 32.2. The number of methoxy groups -OCH3 is 2. The third-order valence-electron chi connectivity index (χ3n) is 4.86. The molecule has 1 aromatic heterocycles. The van der Waals surface area contributed by atoms with Gasteiger partial charge in [0, 0.05) is 17.1 Å². The Labute approximate surface area is 195 Å². The first-order valence-electron chi connectivity index (χ1n) is 10.1. The van der Waals surface area contributed by atoms with Crippen LogP contribution in [0.1, 0.15) is 10.4 Å². The van der Waals surface area contributed by atoms with Gasteiger partial charge in [0.25, 0.3) is 15.9 Å². The number of nitrogens with zero attached hydrogens (tertiary/aromatic N) is 1. The van der Waals surface area contributed by atoms with Crippen molar-refractivity contribution in [1.82, 2.24) is 4.83 Å². The van der Waals surface area contributed by atoms with Crippen LogP contribution in [0.3, 0.4) is 0 Å². The molecule has 3 aromatic carbocycles. The summed E-state index contributed by atoms with van der Waals surface area (Å²) in [4.78, 5) is 15.3. The molecule has 10 heteroatoms. The molecule has 0 radical (unpaired) electrons.